The van der Waals surface area contributed by atoms with Gasteiger partial charge < -0.3 is 14.6 Å². The van der Waals surface area contributed by atoms with Gasteiger partial charge in [0.05, 0.1) is 13.2 Å². The van der Waals surface area contributed by atoms with Crippen LogP contribution in [0.4, 0.5) is 0 Å². The molecule has 4 nitrogen and oxygen atoms in total. The molecule has 0 aliphatic carbocycles. The Morgan fingerprint density at radius 3 is 1.51 bits per heavy atom. The molecule has 0 bridgehead atoms. The number of carbonyl (C=O) groups is 1. The summed E-state index contributed by atoms with van der Waals surface area (Å²) in [7, 11) is 0. The van der Waals surface area contributed by atoms with Crippen LogP contribution in [0.25, 0.3) is 0 Å². The second-order valence-electron chi connectivity index (χ2n) is 12.3. The summed E-state index contributed by atoms with van der Waals surface area (Å²) in [5, 5.41) is 9.54. The van der Waals surface area contributed by atoms with E-state index in [1.54, 1.807) is 0 Å². The summed E-state index contributed by atoms with van der Waals surface area (Å²) in [6.45, 7) is 5.21. The lowest BCUT2D eigenvalue weighted by atomic mass is 10.1. The van der Waals surface area contributed by atoms with Crippen molar-refractivity contribution in [3.8, 4) is 0 Å². The first-order chi connectivity index (χ1) is 22.2. The summed E-state index contributed by atoms with van der Waals surface area (Å²) < 4.78 is 11.1. The van der Waals surface area contributed by atoms with Crippen LogP contribution in [0.5, 0.6) is 0 Å². The number of aliphatic hydroxyl groups is 1. The summed E-state index contributed by atoms with van der Waals surface area (Å²) in [4.78, 5) is 12.1. The number of carbonyl (C=O) groups excluding carboxylic acids is 1. The van der Waals surface area contributed by atoms with Crippen LogP contribution < -0.4 is 0 Å². The predicted molar refractivity (Wildman–Crippen MR) is 196 cm³/mol. The summed E-state index contributed by atoms with van der Waals surface area (Å²) >= 11 is 0. The molecule has 1 N–H and O–H groups in total. The van der Waals surface area contributed by atoms with Crippen LogP contribution in [0.1, 0.15) is 168 Å². The lowest BCUT2D eigenvalue weighted by molar-refractivity contribution is -0.154. The van der Waals surface area contributed by atoms with E-state index in [-0.39, 0.29) is 12.6 Å². The second kappa shape index (κ2) is 38.3. The highest BCUT2D eigenvalue weighted by Crippen LogP contribution is 2.12. The second-order valence-corrected chi connectivity index (χ2v) is 12.3. The van der Waals surface area contributed by atoms with Gasteiger partial charge in [-0.2, -0.15) is 0 Å². The Labute approximate surface area is 279 Å². The van der Waals surface area contributed by atoms with Crippen LogP contribution in [0.3, 0.4) is 0 Å². The molecule has 0 aliphatic rings. The SMILES string of the molecule is CC/C=C\C/C=C\C/C=C\C/C=C\C/C=C\CCCCCCCCCC(=O)OC(CO)COCCCCCCCCCCCC. The summed E-state index contributed by atoms with van der Waals surface area (Å²) in [5.41, 5.74) is 0. The van der Waals surface area contributed by atoms with Crippen LogP contribution in [0, 0.1) is 0 Å². The van der Waals surface area contributed by atoms with E-state index in [1.807, 2.05) is 0 Å². The molecular formula is C41H72O4. The first kappa shape index (κ1) is 43.1. The maximum atomic E-state index is 12.1. The minimum Gasteiger partial charge on any atom is -0.457 e. The molecule has 0 fully saturated rings. The van der Waals surface area contributed by atoms with Gasteiger partial charge in [0.1, 0.15) is 6.10 Å². The average Bonchev–Trinajstić information content (AvgIpc) is 3.05. The van der Waals surface area contributed by atoms with Crippen molar-refractivity contribution >= 4 is 5.97 Å². The number of hydrogen-bond acceptors (Lipinski definition) is 4. The monoisotopic (exact) mass is 629 g/mol. The molecule has 1 atom stereocenters. The van der Waals surface area contributed by atoms with Gasteiger partial charge in [-0.3, -0.25) is 4.79 Å². The van der Waals surface area contributed by atoms with E-state index in [0.29, 0.717) is 19.6 Å². The standard InChI is InChI=1S/C41H72O4/c1-3-5-7-9-11-13-15-16-17-18-19-20-21-22-23-24-25-26-27-28-30-32-34-36-41(43)45-40(38-42)39-44-37-35-33-31-29-14-12-10-8-6-4-2/h5,7,11,13,16-17,19-20,22-23,40,42H,3-4,6,8-10,12,14-15,18,21,24-39H2,1-2H3/b7-5-,13-11-,17-16-,20-19-,23-22-. The normalized spacial score (nSPS) is 13.0. The fourth-order valence-corrected chi connectivity index (χ4v) is 5.06. The van der Waals surface area contributed by atoms with E-state index in [4.69, 9.17) is 9.47 Å². The zero-order valence-electron chi connectivity index (χ0n) is 29.6. The van der Waals surface area contributed by atoms with E-state index in [0.717, 1.165) is 57.8 Å². The largest absolute Gasteiger partial charge is 0.457 e. The molecule has 0 aromatic carbocycles. The van der Waals surface area contributed by atoms with Gasteiger partial charge in [-0.05, 0) is 57.8 Å². The van der Waals surface area contributed by atoms with E-state index in [2.05, 4.69) is 74.6 Å². The molecule has 0 spiro atoms. The number of hydrogen-bond donors (Lipinski definition) is 1. The highest BCUT2D eigenvalue weighted by molar-refractivity contribution is 5.69. The van der Waals surface area contributed by atoms with Crippen LogP contribution in [0.15, 0.2) is 60.8 Å². The first-order valence-corrected chi connectivity index (χ1v) is 18.9. The molecule has 0 rings (SSSR count). The van der Waals surface area contributed by atoms with Crippen LogP contribution in [-0.2, 0) is 14.3 Å². The molecule has 1 unspecified atom stereocenters. The van der Waals surface area contributed by atoms with E-state index in [1.165, 1.54) is 89.9 Å². The van der Waals surface area contributed by atoms with E-state index < -0.39 is 6.10 Å². The van der Waals surface area contributed by atoms with Crippen molar-refractivity contribution in [3.05, 3.63) is 60.8 Å². The van der Waals surface area contributed by atoms with Crippen molar-refractivity contribution < 1.29 is 19.4 Å². The first-order valence-electron chi connectivity index (χ1n) is 18.9. The molecular weight excluding hydrogens is 556 g/mol. The van der Waals surface area contributed by atoms with Crippen molar-refractivity contribution in [1.29, 1.82) is 0 Å². The summed E-state index contributed by atoms with van der Waals surface area (Å²) in [6.07, 6.45) is 49.7. The third-order valence-corrected chi connectivity index (χ3v) is 7.86. The van der Waals surface area contributed by atoms with Gasteiger partial charge in [0.25, 0.3) is 0 Å². The van der Waals surface area contributed by atoms with Crippen molar-refractivity contribution in [2.24, 2.45) is 0 Å². The van der Waals surface area contributed by atoms with Crippen LogP contribution >= 0.6 is 0 Å². The van der Waals surface area contributed by atoms with E-state index >= 15 is 0 Å². The van der Waals surface area contributed by atoms with Gasteiger partial charge in [0.2, 0.25) is 0 Å². The Balaban J connectivity index is 3.51. The Hall–Kier alpha value is -1.91. The Morgan fingerprint density at radius 1 is 0.556 bits per heavy atom. The number of rotatable bonds is 34. The maximum absolute atomic E-state index is 12.1. The van der Waals surface area contributed by atoms with Crippen LogP contribution in [0.2, 0.25) is 0 Å². The highest BCUT2D eigenvalue weighted by atomic mass is 16.6. The molecule has 260 valence electrons. The predicted octanol–water partition coefficient (Wildman–Crippen LogP) is 12.1. The van der Waals surface area contributed by atoms with Crippen molar-refractivity contribution in [3.63, 3.8) is 0 Å². The fraction of sp³-hybridized carbons (Fsp3) is 0.732. The number of allylic oxidation sites excluding steroid dienone is 10. The quantitative estimate of drug-likeness (QED) is 0.0437. The zero-order valence-corrected chi connectivity index (χ0v) is 29.6. The van der Waals surface area contributed by atoms with Gasteiger partial charge in [0, 0.05) is 13.0 Å². The molecule has 45 heavy (non-hydrogen) atoms. The van der Waals surface area contributed by atoms with Gasteiger partial charge in [-0.25, -0.2) is 0 Å². The third kappa shape index (κ3) is 36.4. The Bertz CT molecular complexity index is 749. The summed E-state index contributed by atoms with van der Waals surface area (Å²) in [6, 6.07) is 0. The van der Waals surface area contributed by atoms with Gasteiger partial charge in [-0.1, -0.05) is 164 Å². The highest BCUT2D eigenvalue weighted by Gasteiger charge is 2.13. The lowest BCUT2D eigenvalue weighted by Gasteiger charge is -2.16. The topological polar surface area (TPSA) is 55.8 Å². The molecule has 4 heteroatoms. The molecule has 0 aliphatic heterocycles. The van der Waals surface area contributed by atoms with Crippen molar-refractivity contribution in [2.75, 3.05) is 19.8 Å². The van der Waals surface area contributed by atoms with Crippen molar-refractivity contribution in [2.45, 2.75) is 174 Å². The number of unbranched alkanes of at least 4 members (excludes halogenated alkanes) is 16. The molecule has 0 radical (unpaired) electrons. The maximum Gasteiger partial charge on any atom is 0.306 e. The smallest absolute Gasteiger partial charge is 0.306 e. The van der Waals surface area contributed by atoms with E-state index in [9.17, 15) is 9.90 Å². The van der Waals surface area contributed by atoms with Gasteiger partial charge in [0.15, 0.2) is 0 Å². The summed E-state index contributed by atoms with van der Waals surface area (Å²) in [5.74, 6) is -0.214. The third-order valence-electron chi connectivity index (χ3n) is 7.86. The number of aliphatic hydroxyl groups excluding tert-OH is 1. The average molecular weight is 629 g/mol. The minimum absolute atomic E-state index is 0.177. The van der Waals surface area contributed by atoms with Gasteiger partial charge in [-0.15, -0.1) is 0 Å². The molecule has 0 saturated heterocycles. The fourth-order valence-electron chi connectivity index (χ4n) is 5.06. The Morgan fingerprint density at radius 2 is 1.00 bits per heavy atom. The minimum atomic E-state index is -0.538. The molecule has 0 saturated carbocycles. The molecule has 0 aromatic rings. The van der Waals surface area contributed by atoms with Crippen LogP contribution in [-0.4, -0.2) is 37.0 Å². The molecule has 0 aromatic heterocycles. The Kier molecular flexibility index (Phi) is 36.6. The number of ether oxygens (including phenoxy) is 2. The lowest BCUT2D eigenvalue weighted by Crippen LogP contribution is -2.27. The molecule has 0 amide bonds. The zero-order chi connectivity index (χ0) is 32.7. The molecule has 0 heterocycles. The number of esters is 1. The van der Waals surface area contributed by atoms with Crippen molar-refractivity contribution in [1.82, 2.24) is 0 Å². The van der Waals surface area contributed by atoms with Gasteiger partial charge >= 0.3 is 5.97 Å².